The average Bonchev–Trinajstić information content (AvgIpc) is 3.20. The normalized spacial score (nSPS) is 20.2. The van der Waals surface area contributed by atoms with Crippen molar-refractivity contribution >= 4 is 28.3 Å². The van der Waals surface area contributed by atoms with Crippen molar-refractivity contribution in [2.24, 2.45) is 0 Å². The number of aromatic amines is 1. The van der Waals surface area contributed by atoms with E-state index in [0.717, 1.165) is 90.9 Å². The Bertz CT molecular complexity index is 1430. The highest BCUT2D eigenvalue weighted by Gasteiger charge is 2.29. The number of allylic oxidation sites excluding steroid dienone is 1. The maximum Gasteiger partial charge on any atom is 0.331 e. The summed E-state index contributed by atoms with van der Waals surface area (Å²) in [5.41, 5.74) is 9.13. The number of rotatable bonds is 3. The third kappa shape index (κ3) is 3.82. The number of hydrogen-bond acceptors (Lipinski definition) is 4. The highest BCUT2D eigenvalue weighted by atomic mass is 19.1. The van der Waals surface area contributed by atoms with Crippen molar-refractivity contribution in [2.45, 2.75) is 51.6 Å². The number of nitrogens with one attached hydrogen (secondary N) is 1. The molecule has 6 rings (SSSR count). The van der Waals surface area contributed by atoms with Gasteiger partial charge in [-0.2, -0.15) is 0 Å². The third-order valence-electron chi connectivity index (χ3n) is 8.34. The third-order valence-corrected chi connectivity index (χ3v) is 8.34. The van der Waals surface area contributed by atoms with Gasteiger partial charge in [0, 0.05) is 72.4 Å². The van der Waals surface area contributed by atoms with Gasteiger partial charge in [-0.3, -0.25) is 4.90 Å². The number of H-pyrrole nitrogens is 1. The van der Waals surface area contributed by atoms with Crippen LogP contribution in [0.1, 0.15) is 50.3 Å². The number of fused-ring (bicyclic) bond motifs is 2. The quantitative estimate of drug-likeness (QED) is 0.461. The molecular formula is C29H31FN4O2. The number of nitrogens with zero attached hydrogens (tertiary/aromatic N) is 3. The summed E-state index contributed by atoms with van der Waals surface area (Å²) >= 11 is 0. The molecule has 4 heterocycles. The van der Waals surface area contributed by atoms with Crippen LogP contribution in [0.2, 0.25) is 0 Å². The van der Waals surface area contributed by atoms with Crippen molar-refractivity contribution in [2.75, 3.05) is 25.0 Å². The molecule has 36 heavy (non-hydrogen) atoms. The summed E-state index contributed by atoms with van der Waals surface area (Å²) in [6.45, 7) is 4.35. The van der Waals surface area contributed by atoms with Crippen LogP contribution in [-0.4, -0.2) is 52.1 Å². The largest absolute Gasteiger partial charge is 0.478 e. The first-order chi connectivity index (χ1) is 17.4. The molecule has 2 aromatic heterocycles. The van der Waals surface area contributed by atoms with Crippen LogP contribution >= 0.6 is 0 Å². The minimum Gasteiger partial charge on any atom is -0.478 e. The molecule has 0 saturated heterocycles. The first-order valence-corrected chi connectivity index (χ1v) is 12.8. The fourth-order valence-electron chi connectivity index (χ4n) is 6.30. The summed E-state index contributed by atoms with van der Waals surface area (Å²) in [6.07, 6.45) is 8.90. The number of hydrogen-bond donors (Lipinski definition) is 2. The summed E-state index contributed by atoms with van der Waals surface area (Å²) < 4.78 is 14.2. The van der Waals surface area contributed by atoms with E-state index in [1.54, 1.807) is 19.2 Å². The van der Waals surface area contributed by atoms with Crippen LogP contribution in [0.25, 0.3) is 27.7 Å². The second-order valence-corrected chi connectivity index (χ2v) is 10.3. The van der Waals surface area contributed by atoms with Crippen LogP contribution in [0.15, 0.2) is 47.7 Å². The first kappa shape index (κ1) is 23.0. The number of aromatic nitrogens is 2. The van der Waals surface area contributed by atoms with Crippen LogP contribution in [0.4, 0.5) is 10.1 Å². The van der Waals surface area contributed by atoms with Crippen LogP contribution in [0, 0.1) is 5.82 Å². The lowest BCUT2D eigenvalue weighted by Crippen LogP contribution is -2.40. The molecule has 3 aromatic rings. The molecule has 2 aliphatic heterocycles. The van der Waals surface area contributed by atoms with Crippen molar-refractivity contribution in [3.63, 3.8) is 0 Å². The minimum atomic E-state index is -0.788. The predicted octanol–water partition coefficient (Wildman–Crippen LogP) is 5.75. The van der Waals surface area contributed by atoms with Gasteiger partial charge in [0.25, 0.3) is 0 Å². The molecule has 0 unspecified atom stereocenters. The molecule has 7 heteroatoms. The average molecular weight is 487 g/mol. The summed E-state index contributed by atoms with van der Waals surface area (Å²) in [6, 6.07) is 7.52. The van der Waals surface area contributed by atoms with Gasteiger partial charge in [0.05, 0.1) is 0 Å². The number of anilines is 1. The van der Waals surface area contributed by atoms with Gasteiger partial charge in [0.2, 0.25) is 0 Å². The fraction of sp³-hybridized carbons (Fsp3) is 0.379. The van der Waals surface area contributed by atoms with Gasteiger partial charge in [-0.15, -0.1) is 0 Å². The number of pyridine rings is 1. The predicted molar refractivity (Wildman–Crippen MR) is 140 cm³/mol. The molecule has 0 atom stereocenters. The van der Waals surface area contributed by atoms with Crippen LogP contribution < -0.4 is 4.90 Å². The molecule has 1 aromatic carbocycles. The zero-order chi connectivity index (χ0) is 25.0. The molecular weight excluding hydrogens is 455 g/mol. The zero-order valence-electron chi connectivity index (χ0n) is 20.8. The minimum absolute atomic E-state index is 0.232. The van der Waals surface area contributed by atoms with Gasteiger partial charge in [0.15, 0.2) is 0 Å². The number of carbonyl (C=O) groups is 1. The summed E-state index contributed by atoms with van der Waals surface area (Å²) in [5.74, 6) is -1.02. The van der Waals surface area contributed by atoms with Gasteiger partial charge >= 0.3 is 5.97 Å². The molecule has 2 N–H and O–H groups in total. The number of halogens is 1. The number of carboxylic acids is 1. The maximum absolute atomic E-state index is 14.2. The molecule has 1 fully saturated rings. The van der Waals surface area contributed by atoms with E-state index in [4.69, 9.17) is 0 Å². The fourth-order valence-corrected chi connectivity index (χ4v) is 6.30. The summed E-state index contributed by atoms with van der Waals surface area (Å²) in [7, 11) is 2.06. The van der Waals surface area contributed by atoms with Crippen LogP contribution in [-0.2, 0) is 11.3 Å². The highest BCUT2D eigenvalue weighted by Crippen LogP contribution is 2.43. The van der Waals surface area contributed by atoms with E-state index >= 15 is 0 Å². The smallest absolute Gasteiger partial charge is 0.331 e. The Hall–Kier alpha value is -3.45. The van der Waals surface area contributed by atoms with E-state index in [1.165, 1.54) is 17.2 Å². The Morgan fingerprint density at radius 1 is 1.17 bits per heavy atom. The lowest BCUT2D eigenvalue weighted by atomic mass is 9.86. The van der Waals surface area contributed by atoms with E-state index in [-0.39, 0.29) is 5.82 Å². The molecule has 1 saturated carbocycles. The molecule has 0 amide bonds. The highest BCUT2D eigenvalue weighted by molar-refractivity contribution is 6.02. The van der Waals surface area contributed by atoms with E-state index in [2.05, 4.69) is 32.9 Å². The Balaban J connectivity index is 1.28. The molecule has 0 bridgehead atoms. The molecule has 0 radical (unpaired) electrons. The molecule has 0 spiro atoms. The topological polar surface area (TPSA) is 72.5 Å². The zero-order valence-corrected chi connectivity index (χ0v) is 20.8. The standard InChI is InChI=1S/C29H31FN4O2/c1-17(29(35)36)18-3-6-21(7-4-18)34-13-10-19(11-14-34)27-24-16-33(2)25-8-5-20(30)15-23(25)22-9-12-31-28(32-27)26(22)24/h5,8-10,12,15,21H,3-4,6-7,11,13-14,16H2,1-2H3,(H,31,32)(H,35,36). The Morgan fingerprint density at radius 2 is 1.97 bits per heavy atom. The van der Waals surface area contributed by atoms with Crippen molar-refractivity contribution in [1.29, 1.82) is 0 Å². The van der Waals surface area contributed by atoms with Crippen LogP contribution in [0.5, 0.6) is 0 Å². The molecule has 1 aliphatic carbocycles. The Morgan fingerprint density at radius 3 is 2.69 bits per heavy atom. The number of benzene rings is 1. The van der Waals surface area contributed by atoms with Gasteiger partial charge in [-0.05, 0) is 74.4 Å². The second kappa shape index (κ2) is 8.89. The molecule has 6 nitrogen and oxygen atoms in total. The number of aliphatic carboxylic acids is 1. The van der Waals surface area contributed by atoms with Gasteiger partial charge in [-0.1, -0.05) is 11.6 Å². The van der Waals surface area contributed by atoms with Crippen molar-refractivity contribution in [3.8, 4) is 11.1 Å². The SMILES string of the molecule is CC(C(=O)O)=C1CCC(N2CC=C(c3[nH]c4nccc5c4c3CN(C)c3ccc(F)cc3-5)CC2)CC1. The number of carboxylic acid groups (broad SMARTS) is 1. The van der Waals surface area contributed by atoms with Gasteiger partial charge in [0.1, 0.15) is 11.5 Å². The van der Waals surface area contributed by atoms with E-state index in [9.17, 15) is 14.3 Å². The lowest BCUT2D eigenvalue weighted by molar-refractivity contribution is -0.132. The van der Waals surface area contributed by atoms with E-state index in [1.807, 2.05) is 12.1 Å². The van der Waals surface area contributed by atoms with Gasteiger partial charge in [-0.25, -0.2) is 14.2 Å². The molecule has 3 aliphatic rings. The van der Waals surface area contributed by atoms with Crippen molar-refractivity contribution < 1.29 is 14.3 Å². The Kier molecular flexibility index (Phi) is 5.67. The summed E-state index contributed by atoms with van der Waals surface area (Å²) in [5, 5.41) is 10.4. The van der Waals surface area contributed by atoms with Crippen molar-refractivity contribution in [1.82, 2.24) is 14.9 Å². The Labute approximate surface area is 210 Å². The molecule has 186 valence electrons. The van der Waals surface area contributed by atoms with E-state index < -0.39 is 5.97 Å². The van der Waals surface area contributed by atoms with Gasteiger partial charge < -0.3 is 15.0 Å². The van der Waals surface area contributed by atoms with Crippen LogP contribution in [0.3, 0.4) is 0 Å². The second-order valence-electron chi connectivity index (χ2n) is 10.3. The van der Waals surface area contributed by atoms with E-state index in [0.29, 0.717) is 11.6 Å². The lowest BCUT2D eigenvalue weighted by Gasteiger charge is -2.37. The first-order valence-electron chi connectivity index (χ1n) is 12.8. The maximum atomic E-state index is 14.2. The summed E-state index contributed by atoms with van der Waals surface area (Å²) in [4.78, 5) is 24.3. The van der Waals surface area contributed by atoms with Crippen molar-refractivity contribution in [3.05, 3.63) is 64.8 Å². The monoisotopic (exact) mass is 486 g/mol.